The fourth-order valence-electron chi connectivity index (χ4n) is 4.64. The number of carbonyl (C=O) groups is 1. The minimum atomic E-state index is -0.614. The minimum absolute atomic E-state index is 0.0915. The van der Waals surface area contributed by atoms with E-state index in [2.05, 4.69) is 11.6 Å². The van der Waals surface area contributed by atoms with Crippen molar-refractivity contribution < 1.29 is 13.9 Å². The van der Waals surface area contributed by atoms with E-state index in [1.165, 1.54) is 0 Å². The van der Waals surface area contributed by atoms with Crippen molar-refractivity contribution in [2.75, 3.05) is 6.61 Å². The molecule has 5 rings (SSSR count). The van der Waals surface area contributed by atoms with Gasteiger partial charge in [0.15, 0.2) is 5.43 Å². The van der Waals surface area contributed by atoms with Crippen molar-refractivity contribution in [2.24, 2.45) is 0 Å². The van der Waals surface area contributed by atoms with Crippen molar-refractivity contribution in [2.45, 2.75) is 26.4 Å². The number of aromatic nitrogens is 1. The average Bonchev–Trinajstić information content (AvgIpc) is 3.10. The second-order valence-corrected chi connectivity index (χ2v) is 8.50. The van der Waals surface area contributed by atoms with Crippen molar-refractivity contribution in [3.05, 3.63) is 117 Å². The number of fused-ring (bicyclic) bond motifs is 2. The molecule has 6 heteroatoms. The molecular weight excluding hydrogens is 428 g/mol. The lowest BCUT2D eigenvalue weighted by Gasteiger charge is -2.25. The van der Waals surface area contributed by atoms with Crippen LogP contribution in [0.25, 0.3) is 11.0 Å². The summed E-state index contributed by atoms with van der Waals surface area (Å²) in [6.07, 6.45) is 5.07. The molecule has 6 nitrogen and oxygen atoms in total. The largest absolute Gasteiger partial charge is 0.490 e. The van der Waals surface area contributed by atoms with Crippen molar-refractivity contribution in [1.29, 1.82) is 0 Å². The van der Waals surface area contributed by atoms with Gasteiger partial charge in [0.2, 0.25) is 5.76 Å². The lowest BCUT2D eigenvalue weighted by molar-refractivity contribution is 0.0714. The molecule has 2 aromatic heterocycles. The summed E-state index contributed by atoms with van der Waals surface area (Å²) in [5.74, 6) is 0.407. The van der Waals surface area contributed by atoms with E-state index in [1.807, 2.05) is 56.3 Å². The molecule has 0 radical (unpaired) electrons. The van der Waals surface area contributed by atoms with E-state index in [0.29, 0.717) is 28.9 Å². The first-order valence-corrected chi connectivity index (χ1v) is 11.1. The molecular formula is C28H24N2O4. The molecule has 3 heterocycles. The third-order valence-electron chi connectivity index (χ3n) is 6.03. The van der Waals surface area contributed by atoms with Gasteiger partial charge >= 0.3 is 0 Å². The van der Waals surface area contributed by atoms with Gasteiger partial charge in [0.1, 0.15) is 17.9 Å². The number of rotatable bonds is 6. The van der Waals surface area contributed by atoms with Crippen molar-refractivity contribution in [3.63, 3.8) is 0 Å². The molecule has 1 amide bonds. The van der Waals surface area contributed by atoms with Crippen LogP contribution in [0.3, 0.4) is 0 Å². The van der Waals surface area contributed by atoms with Crippen LogP contribution in [-0.4, -0.2) is 22.4 Å². The molecule has 0 bridgehead atoms. The molecule has 0 fully saturated rings. The molecule has 0 spiro atoms. The predicted molar refractivity (Wildman–Crippen MR) is 130 cm³/mol. The fraction of sp³-hybridized carbons (Fsp3) is 0.179. The van der Waals surface area contributed by atoms with Crippen LogP contribution in [-0.2, 0) is 6.54 Å². The summed E-state index contributed by atoms with van der Waals surface area (Å²) in [6, 6.07) is 14.3. The summed E-state index contributed by atoms with van der Waals surface area (Å²) in [7, 11) is 0. The van der Waals surface area contributed by atoms with Crippen LogP contribution in [0.1, 0.15) is 44.4 Å². The maximum atomic E-state index is 13.8. The van der Waals surface area contributed by atoms with E-state index in [4.69, 9.17) is 9.15 Å². The smallest absolute Gasteiger partial charge is 0.291 e. The van der Waals surface area contributed by atoms with Gasteiger partial charge in [-0.3, -0.25) is 14.6 Å². The molecule has 0 saturated carbocycles. The number of nitrogens with zero attached hydrogens (tertiary/aromatic N) is 2. The summed E-state index contributed by atoms with van der Waals surface area (Å²) >= 11 is 0. The summed E-state index contributed by atoms with van der Waals surface area (Å²) in [6.45, 7) is 8.16. The Labute approximate surface area is 197 Å². The number of benzene rings is 2. The van der Waals surface area contributed by atoms with Crippen LogP contribution in [0, 0.1) is 13.8 Å². The van der Waals surface area contributed by atoms with E-state index in [0.717, 1.165) is 22.3 Å². The maximum Gasteiger partial charge on any atom is 0.291 e. The molecule has 1 atom stereocenters. The SMILES string of the molecule is C=CCOc1cccc(C2c3c(oc4cc(C)cc(C)c4c3=O)C(=O)N2Cc2cccnc2)c1. The van der Waals surface area contributed by atoms with Crippen LogP contribution in [0.2, 0.25) is 0 Å². The summed E-state index contributed by atoms with van der Waals surface area (Å²) in [4.78, 5) is 33.3. The van der Waals surface area contributed by atoms with E-state index in [9.17, 15) is 9.59 Å². The molecule has 4 aromatic rings. The zero-order valence-electron chi connectivity index (χ0n) is 19.1. The molecule has 1 aliphatic heterocycles. The minimum Gasteiger partial charge on any atom is -0.490 e. The van der Waals surface area contributed by atoms with Crippen LogP contribution in [0.15, 0.2) is 82.8 Å². The van der Waals surface area contributed by atoms with E-state index in [-0.39, 0.29) is 23.6 Å². The van der Waals surface area contributed by atoms with Gasteiger partial charge in [0.25, 0.3) is 5.91 Å². The number of hydrogen-bond acceptors (Lipinski definition) is 5. The van der Waals surface area contributed by atoms with E-state index >= 15 is 0 Å². The van der Waals surface area contributed by atoms with Gasteiger partial charge in [-0.05, 0) is 60.4 Å². The van der Waals surface area contributed by atoms with Crippen LogP contribution >= 0.6 is 0 Å². The highest BCUT2D eigenvalue weighted by atomic mass is 16.5. The Kier molecular flexibility index (Phi) is 5.49. The Morgan fingerprint density at radius 2 is 2.00 bits per heavy atom. The predicted octanol–water partition coefficient (Wildman–Crippen LogP) is 5.12. The van der Waals surface area contributed by atoms with Crippen molar-refractivity contribution in [1.82, 2.24) is 9.88 Å². The first-order chi connectivity index (χ1) is 16.5. The Morgan fingerprint density at radius 1 is 1.15 bits per heavy atom. The summed E-state index contributed by atoms with van der Waals surface area (Å²) in [5.41, 5.74) is 4.03. The monoisotopic (exact) mass is 452 g/mol. The number of aryl methyl sites for hydroxylation is 2. The lowest BCUT2D eigenvalue weighted by Crippen LogP contribution is -2.29. The second kappa shape index (κ2) is 8.63. The first-order valence-electron chi connectivity index (χ1n) is 11.1. The first kappa shape index (κ1) is 21.6. The molecule has 0 aliphatic carbocycles. The van der Waals surface area contributed by atoms with Gasteiger partial charge in [-0.15, -0.1) is 0 Å². The van der Waals surface area contributed by atoms with E-state index in [1.54, 1.807) is 29.4 Å². The van der Waals surface area contributed by atoms with Crippen LogP contribution in [0.5, 0.6) is 5.75 Å². The zero-order valence-corrected chi connectivity index (χ0v) is 19.1. The van der Waals surface area contributed by atoms with E-state index < -0.39 is 6.04 Å². The quantitative estimate of drug-likeness (QED) is 0.380. The average molecular weight is 453 g/mol. The molecule has 34 heavy (non-hydrogen) atoms. The molecule has 0 N–H and O–H groups in total. The number of ether oxygens (including phenoxy) is 1. The molecule has 2 aromatic carbocycles. The third-order valence-corrected chi connectivity index (χ3v) is 6.03. The Bertz CT molecular complexity index is 1470. The molecule has 170 valence electrons. The molecule has 0 saturated heterocycles. The second-order valence-electron chi connectivity index (χ2n) is 8.50. The molecule has 1 aliphatic rings. The number of hydrogen-bond donors (Lipinski definition) is 0. The summed E-state index contributed by atoms with van der Waals surface area (Å²) in [5, 5.41) is 0.504. The highest BCUT2D eigenvalue weighted by Gasteiger charge is 2.43. The Hall–Kier alpha value is -4.19. The van der Waals surface area contributed by atoms with Crippen molar-refractivity contribution >= 4 is 16.9 Å². The van der Waals surface area contributed by atoms with Gasteiger partial charge in [0, 0.05) is 18.9 Å². The van der Waals surface area contributed by atoms with Gasteiger partial charge in [-0.1, -0.05) is 36.9 Å². The Balaban J connectivity index is 1.72. The van der Waals surface area contributed by atoms with Crippen LogP contribution < -0.4 is 10.2 Å². The van der Waals surface area contributed by atoms with Crippen molar-refractivity contribution in [3.8, 4) is 5.75 Å². The van der Waals surface area contributed by atoms with Gasteiger partial charge in [-0.2, -0.15) is 0 Å². The maximum absolute atomic E-state index is 13.8. The highest BCUT2D eigenvalue weighted by Crippen LogP contribution is 2.40. The summed E-state index contributed by atoms with van der Waals surface area (Å²) < 4.78 is 11.8. The fourth-order valence-corrected chi connectivity index (χ4v) is 4.64. The third kappa shape index (κ3) is 3.67. The number of amides is 1. The van der Waals surface area contributed by atoms with Gasteiger partial charge in [0.05, 0.1) is 17.0 Å². The zero-order chi connectivity index (χ0) is 23.8. The van der Waals surface area contributed by atoms with Crippen LogP contribution in [0.4, 0.5) is 0 Å². The normalized spacial score (nSPS) is 14.9. The topological polar surface area (TPSA) is 72.6 Å². The van der Waals surface area contributed by atoms with Gasteiger partial charge in [-0.25, -0.2) is 0 Å². The Morgan fingerprint density at radius 3 is 2.76 bits per heavy atom. The molecule has 1 unspecified atom stereocenters. The van der Waals surface area contributed by atoms with Gasteiger partial charge < -0.3 is 14.1 Å². The highest BCUT2D eigenvalue weighted by molar-refractivity contribution is 5.99. The lowest BCUT2D eigenvalue weighted by atomic mass is 9.96. The standard InChI is InChI=1S/C28H24N2O4/c1-4-11-33-21-9-5-8-20(14-21)25-24-26(31)23-18(3)12-17(2)13-22(23)34-27(24)28(32)30(25)16-19-7-6-10-29-15-19/h4-10,12-15,25H,1,11,16H2,2-3H3. The number of pyridine rings is 1. The number of carbonyl (C=O) groups excluding carboxylic acids is 1.